The van der Waals surface area contributed by atoms with Gasteiger partial charge in [-0.3, -0.25) is 4.68 Å². The molecule has 0 aromatic carbocycles. The Morgan fingerprint density at radius 2 is 1.94 bits per heavy atom. The summed E-state index contributed by atoms with van der Waals surface area (Å²) in [5.74, 6) is 0. The maximum atomic E-state index is 10.7. The van der Waals surface area contributed by atoms with Gasteiger partial charge in [0.15, 0.2) is 15.7 Å². The lowest BCUT2D eigenvalue weighted by Gasteiger charge is -2.26. The van der Waals surface area contributed by atoms with Crippen LogP contribution in [-0.4, -0.2) is 42.7 Å². The molecule has 0 N–H and O–H groups in total. The quantitative estimate of drug-likeness (QED) is 0.775. The van der Waals surface area contributed by atoms with Crippen molar-refractivity contribution in [2.24, 2.45) is 0 Å². The number of likely N-dealkylation sites (tertiary alicyclic amines) is 1. The lowest BCUT2D eigenvalue weighted by molar-refractivity contribution is 0.217. The molecule has 0 atom stereocenters. The van der Waals surface area contributed by atoms with Crippen molar-refractivity contribution < 1.29 is 8.42 Å². The molecule has 0 radical (unpaired) electrons. The summed E-state index contributed by atoms with van der Waals surface area (Å²) in [5, 5.41) is 4.15. The highest BCUT2D eigenvalue weighted by Gasteiger charge is 2.09. The van der Waals surface area contributed by atoms with E-state index < -0.39 is 10.7 Å². The third kappa shape index (κ3) is 3.05. The van der Waals surface area contributed by atoms with Crippen LogP contribution in [0.2, 0.25) is 0 Å². The van der Waals surface area contributed by atoms with E-state index in [2.05, 4.69) is 10.00 Å². The van der Waals surface area contributed by atoms with Crippen LogP contribution in [0.1, 0.15) is 19.3 Å². The molecule has 2 heterocycles. The van der Waals surface area contributed by atoms with Crippen LogP contribution in [0.15, 0.2) is 17.3 Å². The van der Waals surface area contributed by atoms with Gasteiger partial charge in [0.2, 0.25) is 0 Å². The molecule has 16 heavy (non-hydrogen) atoms. The van der Waals surface area contributed by atoms with E-state index in [0.29, 0.717) is 0 Å². The zero-order chi connectivity index (χ0) is 11.4. The van der Waals surface area contributed by atoms with E-state index in [1.165, 1.54) is 19.3 Å². The summed E-state index contributed by atoms with van der Waals surface area (Å²) < 4.78 is 23.0. The summed E-state index contributed by atoms with van der Waals surface area (Å²) in [5.41, 5.74) is 0. The van der Waals surface area contributed by atoms with E-state index in [9.17, 15) is 8.42 Å². The first-order valence-corrected chi connectivity index (χ1v) is 6.83. The van der Waals surface area contributed by atoms with Gasteiger partial charge in [-0.15, -0.1) is 0 Å². The summed E-state index contributed by atoms with van der Waals surface area (Å²) in [6.45, 7) is 4.04. The molecule has 5 nitrogen and oxygen atoms in total. The average Bonchev–Trinajstić information content (AvgIpc) is 2.76. The van der Waals surface area contributed by atoms with E-state index >= 15 is 0 Å². The van der Waals surface area contributed by atoms with Gasteiger partial charge in [-0.2, -0.15) is 5.10 Å². The predicted molar refractivity (Wildman–Crippen MR) is 61.1 cm³/mol. The van der Waals surface area contributed by atoms with Gasteiger partial charge in [0.1, 0.15) is 0 Å². The number of thiol groups is 1. The topological polar surface area (TPSA) is 55.2 Å². The number of aromatic nitrogens is 2. The molecule has 0 spiro atoms. The third-order valence-corrected chi connectivity index (χ3v) is 3.52. The van der Waals surface area contributed by atoms with E-state index in [1.807, 2.05) is 0 Å². The molecule has 1 saturated heterocycles. The maximum Gasteiger partial charge on any atom is 0.187 e. The van der Waals surface area contributed by atoms with Crippen molar-refractivity contribution >= 4 is 10.7 Å². The van der Waals surface area contributed by atoms with Gasteiger partial charge >= 0.3 is 0 Å². The van der Waals surface area contributed by atoms with Gasteiger partial charge in [0, 0.05) is 12.7 Å². The zero-order valence-electron chi connectivity index (χ0n) is 9.21. The van der Waals surface area contributed by atoms with Crippen LogP contribution in [-0.2, 0) is 17.2 Å². The first kappa shape index (κ1) is 11.6. The zero-order valence-corrected chi connectivity index (χ0v) is 10.1. The van der Waals surface area contributed by atoms with Crippen LogP contribution in [0.5, 0.6) is 0 Å². The van der Waals surface area contributed by atoms with Gasteiger partial charge in [0.25, 0.3) is 0 Å². The molecule has 0 unspecified atom stereocenters. The first-order chi connectivity index (χ1) is 7.75. The molecule has 0 bridgehead atoms. The number of hydrogen-bond donors (Lipinski definition) is 1. The van der Waals surface area contributed by atoms with E-state index in [1.54, 1.807) is 16.9 Å². The van der Waals surface area contributed by atoms with Crippen LogP contribution < -0.4 is 0 Å². The van der Waals surface area contributed by atoms with E-state index in [0.717, 1.165) is 26.2 Å². The second-order valence-corrected chi connectivity index (χ2v) is 5.07. The fourth-order valence-corrected chi connectivity index (χ4v) is 2.38. The Balaban J connectivity index is 1.84. The third-order valence-electron chi connectivity index (χ3n) is 2.91. The molecule has 0 saturated carbocycles. The minimum atomic E-state index is -2.55. The molecule has 2 rings (SSSR count). The van der Waals surface area contributed by atoms with Crippen molar-refractivity contribution in [2.75, 3.05) is 19.6 Å². The highest BCUT2D eigenvalue weighted by molar-refractivity contribution is 7.72. The molecule has 1 fully saturated rings. The van der Waals surface area contributed by atoms with Crippen LogP contribution in [0.25, 0.3) is 0 Å². The van der Waals surface area contributed by atoms with Crippen molar-refractivity contribution in [2.45, 2.75) is 30.8 Å². The number of piperidine rings is 1. The minimum absolute atomic E-state index is 0.161. The minimum Gasteiger partial charge on any atom is -0.301 e. The SMILES string of the molecule is O=[SH](=O)c1ccn(CCN2CCCCC2)n1. The fraction of sp³-hybridized carbons (Fsp3) is 0.700. The fourth-order valence-electron chi connectivity index (χ4n) is 2.00. The Labute approximate surface area is 97.0 Å². The summed E-state index contributed by atoms with van der Waals surface area (Å²) in [4.78, 5) is 2.40. The van der Waals surface area contributed by atoms with Crippen molar-refractivity contribution in [3.05, 3.63) is 12.3 Å². The Bertz CT molecular complexity index is 400. The Morgan fingerprint density at radius 1 is 1.19 bits per heavy atom. The van der Waals surface area contributed by atoms with E-state index in [-0.39, 0.29) is 5.03 Å². The Hall–Kier alpha value is -0.880. The van der Waals surface area contributed by atoms with Crippen molar-refractivity contribution in [3.63, 3.8) is 0 Å². The van der Waals surface area contributed by atoms with Crippen LogP contribution >= 0.6 is 0 Å². The average molecular weight is 243 g/mol. The standard InChI is InChI=1S/C10H17N3O2S/c14-16(15)10-4-7-13(11-10)9-8-12-5-2-1-3-6-12/h4,7,16H,1-3,5-6,8-9H2. The monoisotopic (exact) mass is 243 g/mol. The number of hydrogen-bond acceptors (Lipinski definition) is 4. The van der Waals surface area contributed by atoms with Gasteiger partial charge in [-0.25, -0.2) is 8.42 Å². The van der Waals surface area contributed by atoms with Crippen molar-refractivity contribution in [3.8, 4) is 0 Å². The lowest BCUT2D eigenvalue weighted by Crippen LogP contribution is -2.32. The second kappa shape index (κ2) is 5.45. The normalized spacial score (nSPS) is 18.1. The summed E-state index contributed by atoms with van der Waals surface area (Å²) >= 11 is 0. The molecule has 1 aliphatic heterocycles. The molecule has 1 aromatic heterocycles. The van der Waals surface area contributed by atoms with Crippen molar-refractivity contribution in [1.29, 1.82) is 0 Å². The molecular formula is C10H17N3O2S. The van der Waals surface area contributed by atoms with Gasteiger partial charge in [0.05, 0.1) is 6.54 Å². The summed E-state index contributed by atoms with van der Waals surface area (Å²) in [6.07, 6.45) is 5.61. The highest BCUT2D eigenvalue weighted by atomic mass is 32.2. The molecule has 6 heteroatoms. The Kier molecular flexibility index (Phi) is 3.95. The van der Waals surface area contributed by atoms with Crippen LogP contribution in [0.4, 0.5) is 0 Å². The first-order valence-electron chi connectivity index (χ1n) is 5.66. The Morgan fingerprint density at radius 3 is 2.56 bits per heavy atom. The second-order valence-electron chi connectivity index (χ2n) is 4.10. The highest BCUT2D eigenvalue weighted by Crippen LogP contribution is 2.08. The molecule has 1 aromatic rings. The van der Waals surface area contributed by atoms with Crippen molar-refractivity contribution in [1.82, 2.24) is 14.7 Å². The van der Waals surface area contributed by atoms with E-state index in [4.69, 9.17) is 0 Å². The molecule has 0 amide bonds. The molecule has 90 valence electrons. The number of rotatable bonds is 4. The van der Waals surface area contributed by atoms with Gasteiger partial charge in [-0.05, 0) is 32.0 Å². The summed E-state index contributed by atoms with van der Waals surface area (Å²) in [6, 6.07) is 1.54. The maximum absolute atomic E-state index is 10.7. The molecule has 1 aliphatic rings. The molecule has 0 aliphatic carbocycles. The molecular weight excluding hydrogens is 226 g/mol. The number of nitrogens with zero attached hydrogens (tertiary/aromatic N) is 3. The summed E-state index contributed by atoms with van der Waals surface area (Å²) in [7, 11) is -2.55. The lowest BCUT2D eigenvalue weighted by atomic mass is 10.1. The van der Waals surface area contributed by atoms with Crippen LogP contribution in [0.3, 0.4) is 0 Å². The largest absolute Gasteiger partial charge is 0.301 e. The smallest absolute Gasteiger partial charge is 0.187 e. The van der Waals surface area contributed by atoms with Gasteiger partial charge in [-0.1, -0.05) is 6.42 Å². The predicted octanol–water partition coefficient (Wildman–Crippen LogP) is 0.339. The van der Waals surface area contributed by atoms with Crippen LogP contribution in [0, 0.1) is 0 Å². The van der Waals surface area contributed by atoms with Gasteiger partial charge < -0.3 is 4.90 Å².